The van der Waals surface area contributed by atoms with E-state index >= 15 is 0 Å². The summed E-state index contributed by atoms with van der Waals surface area (Å²) in [6.07, 6.45) is 2.34. The van der Waals surface area contributed by atoms with Crippen molar-refractivity contribution in [2.75, 3.05) is 25.2 Å². The molecule has 90 valence electrons. The Balaban J connectivity index is 2.33. The number of hydrogen-bond donors (Lipinski definition) is 1. The summed E-state index contributed by atoms with van der Waals surface area (Å²) in [4.78, 5) is 0. The van der Waals surface area contributed by atoms with Gasteiger partial charge in [-0.15, -0.1) is 0 Å². The molecular formula is C10H21NO3S. The van der Waals surface area contributed by atoms with E-state index in [0.717, 1.165) is 19.6 Å². The highest BCUT2D eigenvalue weighted by atomic mass is 32.2. The Labute approximate surface area is 92.3 Å². The molecule has 15 heavy (non-hydrogen) atoms. The van der Waals surface area contributed by atoms with Gasteiger partial charge in [0.2, 0.25) is 0 Å². The molecular weight excluding hydrogens is 214 g/mol. The lowest BCUT2D eigenvalue weighted by Crippen LogP contribution is -2.42. The molecule has 0 aromatic rings. The zero-order chi connectivity index (χ0) is 11.5. The monoisotopic (exact) mass is 235 g/mol. The highest BCUT2D eigenvalue weighted by Gasteiger charge is 2.23. The van der Waals surface area contributed by atoms with E-state index in [-0.39, 0.29) is 11.8 Å². The topological polar surface area (TPSA) is 55.4 Å². The summed E-state index contributed by atoms with van der Waals surface area (Å²) < 4.78 is 27.5. The second-order valence-corrected chi connectivity index (χ2v) is 6.76. The lowest BCUT2D eigenvalue weighted by atomic mass is 10.0. The molecule has 0 spiro atoms. The Morgan fingerprint density at radius 1 is 1.47 bits per heavy atom. The number of ether oxygens (including phenoxy) is 1. The zero-order valence-corrected chi connectivity index (χ0v) is 10.5. The van der Waals surface area contributed by atoms with Crippen molar-refractivity contribution in [3.05, 3.63) is 0 Å². The molecule has 3 unspecified atom stereocenters. The lowest BCUT2D eigenvalue weighted by Gasteiger charge is -2.23. The Morgan fingerprint density at radius 3 is 2.60 bits per heavy atom. The van der Waals surface area contributed by atoms with Gasteiger partial charge < -0.3 is 10.1 Å². The Morgan fingerprint density at radius 2 is 2.13 bits per heavy atom. The van der Waals surface area contributed by atoms with Crippen LogP contribution in [0.15, 0.2) is 0 Å². The Kier molecular flexibility index (Phi) is 4.55. The molecule has 0 aromatic carbocycles. The van der Waals surface area contributed by atoms with Gasteiger partial charge in [0.05, 0.1) is 12.4 Å². The van der Waals surface area contributed by atoms with Crippen molar-refractivity contribution < 1.29 is 13.2 Å². The van der Waals surface area contributed by atoms with Gasteiger partial charge in [0.15, 0.2) is 0 Å². The van der Waals surface area contributed by atoms with Crippen molar-refractivity contribution in [2.45, 2.75) is 32.4 Å². The van der Waals surface area contributed by atoms with Gasteiger partial charge in [0.25, 0.3) is 0 Å². The quantitative estimate of drug-likeness (QED) is 0.751. The van der Waals surface area contributed by atoms with Gasteiger partial charge in [0, 0.05) is 24.9 Å². The maximum Gasteiger partial charge on any atom is 0.148 e. The molecule has 1 aliphatic heterocycles. The molecule has 5 heteroatoms. The van der Waals surface area contributed by atoms with Gasteiger partial charge in [-0.3, -0.25) is 0 Å². The Bertz CT molecular complexity index is 283. The lowest BCUT2D eigenvalue weighted by molar-refractivity contribution is 0.177. The molecule has 4 nitrogen and oxygen atoms in total. The third kappa shape index (κ3) is 4.95. The first-order valence-electron chi connectivity index (χ1n) is 5.40. The molecule has 1 N–H and O–H groups in total. The third-order valence-corrected chi connectivity index (χ3v) is 3.88. The van der Waals surface area contributed by atoms with Crippen LogP contribution in [0.1, 0.15) is 20.3 Å². The normalized spacial score (nSPS) is 26.5. The van der Waals surface area contributed by atoms with E-state index in [1.807, 2.05) is 6.92 Å². The van der Waals surface area contributed by atoms with Crippen LogP contribution in [-0.4, -0.2) is 45.7 Å². The summed E-state index contributed by atoms with van der Waals surface area (Å²) in [6, 6.07) is 0.333. The van der Waals surface area contributed by atoms with E-state index in [1.54, 1.807) is 0 Å². The van der Waals surface area contributed by atoms with Gasteiger partial charge in [-0.1, -0.05) is 0 Å². The summed E-state index contributed by atoms with van der Waals surface area (Å²) >= 11 is 0. The molecule has 1 fully saturated rings. The molecule has 0 aromatic heterocycles. The zero-order valence-electron chi connectivity index (χ0n) is 9.69. The van der Waals surface area contributed by atoms with E-state index in [9.17, 15) is 8.42 Å². The largest absolute Gasteiger partial charge is 0.381 e. The maximum atomic E-state index is 11.1. The highest BCUT2D eigenvalue weighted by Crippen LogP contribution is 2.16. The molecule has 3 atom stereocenters. The van der Waals surface area contributed by atoms with Gasteiger partial charge in [-0.2, -0.15) is 0 Å². The van der Waals surface area contributed by atoms with Gasteiger partial charge >= 0.3 is 0 Å². The fourth-order valence-corrected chi connectivity index (χ4v) is 3.04. The molecule has 0 saturated carbocycles. The minimum absolute atomic E-state index is 0.00981. The summed E-state index contributed by atoms with van der Waals surface area (Å²) in [5, 5.41) is 3.32. The van der Waals surface area contributed by atoms with Crippen LogP contribution in [0.2, 0.25) is 0 Å². The number of sulfone groups is 1. The fourth-order valence-electron chi connectivity index (χ4n) is 2.03. The second-order valence-electron chi connectivity index (χ2n) is 4.57. The minimum atomic E-state index is -2.89. The SMILES string of the molecule is CC(CS(C)(=O)=O)NC(C)C1CCOC1. The third-order valence-electron chi connectivity index (χ3n) is 2.77. The van der Waals surface area contributed by atoms with Gasteiger partial charge in [-0.05, 0) is 26.2 Å². The van der Waals surface area contributed by atoms with E-state index < -0.39 is 9.84 Å². The van der Waals surface area contributed by atoms with Crippen molar-refractivity contribution in [2.24, 2.45) is 5.92 Å². The molecule has 0 bridgehead atoms. The number of rotatable bonds is 5. The van der Waals surface area contributed by atoms with Crippen molar-refractivity contribution in [1.29, 1.82) is 0 Å². The first-order chi connectivity index (χ1) is 6.88. The molecule has 1 saturated heterocycles. The van der Waals surface area contributed by atoms with Crippen molar-refractivity contribution in [3.63, 3.8) is 0 Å². The van der Waals surface area contributed by atoms with Crippen molar-refractivity contribution in [1.82, 2.24) is 5.32 Å². The van der Waals surface area contributed by atoms with Crippen LogP contribution < -0.4 is 5.32 Å². The standard InChI is InChI=1S/C10H21NO3S/c1-8(7-15(3,12)13)11-9(2)10-4-5-14-6-10/h8-11H,4-7H2,1-3H3. The van der Waals surface area contributed by atoms with Gasteiger partial charge in [0.1, 0.15) is 9.84 Å². The second kappa shape index (κ2) is 5.27. The predicted molar refractivity (Wildman–Crippen MR) is 60.7 cm³/mol. The molecule has 0 amide bonds. The molecule has 1 heterocycles. The van der Waals surface area contributed by atoms with Crippen LogP contribution >= 0.6 is 0 Å². The summed E-state index contributed by atoms with van der Waals surface area (Å²) in [6.45, 7) is 5.63. The Hall–Kier alpha value is -0.130. The van der Waals surface area contributed by atoms with Crippen LogP contribution in [0.3, 0.4) is 0 Å². The van der Waals surface area contributed by atoms with Crippen LogP contribution in [0.5, 0.6) is 0 Å². The summed E-state index contributed by atoms with van der Waals surface area (Å²) in [7, 11) is -2.89. The summed E-state index contributed by atoms with van der Waals surface area (Å²) in [5.74, 6) is 0.720. The molecule has 0 aliphatic carbocycles. The highest BCUT2D eigenvalue weighted by molar-refractivity contribution is 7.90. The van der Waals surface area contributed by atoms with E-state index in [2.05, 4.69) is 12.2 Å². The van der Waals surface area contributed by atoms with E-state index in [0.29, 0.717) is 12.0 Å². The van der Waals surface area contributed by atoms with Gasteiger partial charge in [-0.25, -0.2) is 8.42 Å². The summed E-state index contributed by atoms with van der Waals surface area (Å²) in [5.41, 5.74) is 0. The number of hydrogen-bond acceptors (Lipinski definition) is 4. The molecule has 0 radical (unpaired) electrons. The average molecular weight is 235 g/mol. The first kappa shape index (κ1) is 12.9. The molecule has 1 rings (SSSR count). The van der Waals surface area contributed by atoms with E-state index in [1.165, 1.54) is 6.26 Å². The maximum absolute atomic E-state index is 11.1. The van der Waals surface area contributed by atoms with Crippen LogP contribution in [0.25, 0.3) is 0 Å². The van der Waals surface area contributed by atoms with Crippen LogP contribution in [0, 0.1) is 5.92 Å². The van der Waals surface area contributed by atoms with Crippen LogP contribution in [-0.2, 0) is 14.6 Å². The van der Waals surface area contributed by atoms with Crippen LogP contribution in [0.4, 0.5) is 0 Å². The fraction of sp³-hybridized carbons (Fsp3) is 1.00. The minimum Gasteiger partial charge on any atom is -0.381 e. The van der Waals surface area contributed by atoms with Crippen molar-refractivity contribution >= 4 is 9.84 Å². The smallest absolute Gasteiger partial charge is 0.148 e. The first-order valence-corrected chi connectivity index (χ1v) is 7.46. The van der Waals surface area contributed by atoms with Crippen molar-refractivity contribution in [3.8, 4) is 0 Å². The molecule has 1 aliphatic rings. The predicted octanol–water partition coefficient (Wildman–Crippen LogP) is 0.434. The average Bonchev–Trinajstić information content (AvgIpc) is 2.50. The number of nitrogens with one attached hydrogen (secondary N) is 1. The van der Waals surface area contributed by atoms with E-state index in [4.69, 9.17) is 4.74 Å².